The molecule has 0 radical (unpaired) electrons. The van der Waals surface area contributed by atoms with Crippen LogP contribution in [0.5, 0.6) is 0 Å². The van der Waals surface area contributed by atoms with Gasteiger partial charge in [0.15, 0.2) is 0 Å². The van der Waals surface area contributed by atoms with E-state index in [-0.39, 0.29) is 30.9 Å². The summed E-state index contributed by atoms with van der Waals surface area (Å²) in [6, 6.07) is 0.652. The van der Waals surface area contributed by atoms with E-state index in [2.05, 4.69) is 11.8 Å². The maximum atomic E-state index is 12.4. The Hall–Kier alpha value is -0.0700. The molecule has 7 heteroatoms. The van der Waals surface area contributed by atoms with Crippen molar-refractivity contribution in [3.05, 3.63) is 0 Å². The molecule has 1 saturated carbocycles. The topological polar surface area (TPSA) is 58.8 Å². The minimum Gasteiger partial charge on any atom is -0.383 e. The zero-order chi connectivity index (χ0) is 14.5. The zero-order valence-corrected chi connectivity index (χ0v) is 15.3. The third kappa shape index (κ3) is 5.85. The van der Waals surface area contributed by atoms with Crippen LogP contribution in [0.4, 0.5) is 0 Å². The average Bonchev–Trinajstić information content (AvgIpc) is 2.83. The van der Waals surface area contributed by atoms with Crippen LogP contribution in [0.25, 0.3) is 0 Å². The molecule has 2 aliphatic rings. The van der Waals surface area contributed by atoms with E-state index in [9.17, 15) is 4.79 Å². The fourth-order valence-electron chi connectivity index (χ4n) is 3.43. The summed E-state index contributed by atoms with van der Waals surface area (Å²) in [5.74, 6) is 0.704. The predicted octanol–water partition coefficient (Wildman–Crippen LogP) is 1.53. The Bertz CT molecular complexity index is 334. The van der Waals surface area contributed by atoms with Crippen LogP contribution in [-0.2, 0) is 9.53 Å². The van der Waals surface area contributed by atoms with E-state index < -0.39 is 0 Å². The van der Waals surface area contributed by atoms with Crippen molar-refractivity contribution in [3.8, 4) is 0 Å². The largest absolute Gasteiger partial charge is 0.383 e. The molecule has 22 heavy (non-hydrogen) atoms. The third-order valence-corrected chi connectivity index (χ3v) is 4.86. The minimum absolute atomic E-state index is 0. The van der Waals surface area contributed by atoms with Crippen molar-refractivity contribution in [2.24, 2.45) is 11.7 Å². The molecule has 1 amide bonds. The van der Waals surface area contributed by atoms with Crippen molar-refractivity contribution in [1.29, 1.82) is 0 Å². The lowest BCUT2D eigenvalue weighted by atomic mass is 9.99. The molecule has 2 fully saturated rings. The Kier molecular flexibility index (Phi) is 10.6. The first-order valence-corrected chi connectivity index (χ1v) is 7.88. The van der Waals surface area contributed by atoms with Gasteiger partial charge >= 0.3 is 0 Å². The lowest BCUT2D eigenvalue weighted by molar-refractivity contribution is -0.135. The van der Waals surface area contributed by atoms with Gasteiger partial charge in [0.1, 0.15) is 0 Å². The van der Waals surface area contributed by atoms with Crippen LogP contribution in [0, 0.1) is 5.92 Å². The third-order valence-electron chi connectivity index (χ3n) is 4.86. The van der Waals surface area contributed by atoms with E-state index >= 15 is 0 Å². The molecule has 0 spiro atoms. The molecule has 0 aromatic rings. The second-order valence-electron chi connectivity index (χ2n) is 6.28. The van der Waals surface area contributed by atoms with E-state index in [0.717, 1.165) is 45.6 Å². The smallest absolute Gasteiger partial charge is 0.223 e. The molecule has 5 nitrogen and oxygen atoms in total. The fraction of sp³-hybridized carbons (Fsp3) is 0.933. The summed E-state index contributed by atoms with van der Waals surface area (Å²) in [6.45, 7) is 6.53. The maximum Gasteiger partial charge on any atom is 0.223 e. The number of nitrogens with two attached hydrogens (primary N) is 1. The van der Waals surface area contributed by atoms with Gasteiger partial charge in [-0.25, -0.2) is 0 Å². The number of nitrogens with zero attached hydrogens (tertiary/aromatic N) is 2. The number of halogens is 2. The quantitative estimate of drug-likeness (QED) is 0.812. The van der Waals surface area contributed by atoms with Crippen molar-refractivity contribution in [1.82, 2.24) is 9.80 Å². The highest BCUT2D eigenvalue weighted by atomic mass is 35.5. The van der Waals surface area contributed by atoms with Crippen LogP contribution in [-0.4, -0.2) is 67.7 Å². The highest BCUT2D eigenvalue weighted by molar-refractivity contribution is 5.85. The van der Waals surface area contributed by atoms with Crippen LogP contribution in [0.3, 0.4) is 0 Å². The molecule has 0 bridgehead atoms. The first-order chi connectivity index (χ1) is 9.61. The molecule has 1 unspecified atom stereocenters. The van der Waals surface area contributed by atoms with Gasteiger partial charge < -0.3 is 15.4 Å². The Morgan fingerprint density at radius 2 is 2.00 bits per heavy atom. The summed E-state index contributed by atoms with van der Waals surface area (Å²) in [7, 11) is 1.73. The highest BCUT2D eigenvalue weighted by Gasteiger charge is 2.31. The van der Waals surface area contributed by atoms with Gasteiger partial charge in [-0.2, -0.15) is 0 Å². The molecule has 1 saturated heterocycles. The van der Waals surface area contributed by atoms with Gasteiger partial charge in [0, 0.05) is 51.8 Å². The number of hydrogen-bond acceptors (Lipinski definition) is 4. The van der Waals surface area contributed by atoms with Crippen LogP contribution in [0.15, 0.2) is 0 Å². The van der Waals surface area contributed by atoms with E-state index in [0.29, 0.717) is 24.3 Å². The number of carbonyl (C=O) groups excluding carboxylic acids is 1. The number of piperazine rings is 1. The maximum absolute atomic E-state index is 12.4. The van der Waals surface area contributed by atoms with Crippen molar-refractivity contribution >= 4 is 30.7 Å². The number of carbonyl (C=O) groups is 1. The van der Waals surface area contributed by atoms with Crippen LogP contribution in [0.1, 0.15) is 32.6 Å². The predicted molar refractivity (Wildman–Crippen MR) is 93.9 cm³/mol. The molecule has 1 aliphatic carbocycles. The summed E-state index contributed by atoms with van der Waals surface area (Å²) >= 11 is 0. The van der Waals surface area contributed by atoms with Gasteiger partial charge in [-0.05, 0) is 25.7 Å². The summed E-state index contributed by atoms with van der Waals surface area (Å²) in [6.07, 6.45) is 4.03. The summed E-state index contributed by atoms with van der Waals surface area (Å²) in [5, 5.41) is 0. The van der Waals surface area contributed by atoms with E-state index in [1.165, 1.54) is 6.42 Å². The lowest BCUT2D eigenvalue weighted by Crippen LogP contribution is -2.54. The first kappa shape index (κ1) is 21.9. The second-order valence-corrected chi connectivity index (χ2v) is 6.28. The van der Waals surface area contributed by atoms with Gasteiger partial charge in [-0.15, -0.1) is 24.8 Å². The zero-order valence-electron chi connectivity index (χ0n) is 13.7. The van der Waals surface area contributed by atoms with Gasteiger partial charge in [0.2, 0.25) is 5.91 Å². The summed E-state index contributed by atoms with van der Waals surface area (Å²) in [4.78, 5) is 16.8. The van der Waals surface area contributed by atoms with Crippen molar-refractivity contribution < 1.29 is 9.53 Å². The first-order valence-electron chi connectivity index (χ1n) is 7.88. The molecule has 2 rings (SSSR count). The Morgan fingerprint density at radius 3 is 2.55 bits per heavy atom. The molecule has 132 valence electrons. The average molecular weight is 356 g/mol. The molecule has 0 aromatic heterocycles. The Morgan fingerprint density at radius 1 is 1.27 bits per heavy atom. The van der Waals surface area contributed by atoms with E-state index in [1.54, 1.807) is 7.11 Å². The Labute approximate surface area is 146 Å². The minimum atomic E-state index is 0. The Balaban J connectivity index is 0.00000220. The molecule has 0 aromatic carbocycles. The van der Waals surface area contributed by atoms with Crippen LogP contribution >= 0.6 is 24.8 Å². The SMILES string of the molecule is COCCN1CCN(C(=O)C[C@@H]2CCC[C@H]2N)CC1C.Cl.Cl. The summed E-state index contributed by atoms with van der Waals surface area (Å²) < 4.78 is 5.13. The van der Waals surface area contributed by atoms with E-state index in [1.807, 2.05) is 4.90 Å². The molecule has 1 heterocycles. The van der Waals surface area contributed by atoms with Crippen molar-refractivity contribution in [2.75, 3.05) is 39.9 Å². The van der Waals surface area contributed by atoms with Crippen molar-refractivity contribution in [3.63, 3.8) is 0 Å². The van der Waals surface area contributed by atoms with Gasteiger partial charge in [-0.3, -0.25) is 9.69 Å². The molecular weight excluding hydrogens is 325 g/mol. The number of hydrogen-bond donors (Lipinski definition) is 1. The molecule has 2 N–H and O–H groups in total. The monoisotopic (exact) mass is 355 g/mol. The molecule has 1 aliphatic heterocycles. The van der Waals surface area contributed by atoms with Crippen LogP contribution < -0.4 is 5.73 Å². The van der Waals surface area contributed by atoms with Gasteiger partial charge in [0.05, 0.1) is 6.61 Å². The molecule has 3 atom stereocenters. The number of ether oxygens (including phenoxy) is 1. The van der Waals surface area contributed by atoms with Crippen molar-refractivity contribution in [2.45, 2.75) is 44.7 Å². The number of rotatable bonds is 5. The fourth-order valence-corrected chi connectivity index (χ4v) is 3.43. The standard InChI is InChI=1S/C15H29N3O2.2ClH/c1-12-11-18(7-6-17(12)8-9-20-2)15(19)10-13-4-3-5-14(13)16;;/h12-14H,3-11,16H2,1-2H3;2*1H/t12?,13-,14+;;/m0../s1. The normalized spacial score (nSPS) is 28.9. The van der Waals surface area contributed by atoms with Crippen LogP contribution in [0.2, 0.25) is 0 Å². The second kappa shape index (κ2) is 10.7. The van der Waals surface area contributed by atoms with E-state index in [4.69, 9.17) is 10.5 Å². The molecular formula is C15H31Cl2N3O2. The number of amides is 1. The number of methoxy groups -OCH3 is 1. The highest BCUT2D eigenvalue weighted by Crippen LogP contribution is 2.27. The van der Waals surface area contributed by atoms with Gasteiger partial charge in [-0.1, -0.05) is 6.42 Å². The van der Waals surface area contributed by atoms with Gasteiger partial charge in [0.25, 0.3) is 0 Å². The lowest BCUT2D eigenvalue weighted by Gasteiger charge is -2.40. The summed E-state index contributed by atoms with van der Waals surface area (Å²) in [5.41, 5.74) is 6.07.